The average molecular weight is 681 g/mol. The first kappa shape index (κ1) is 36.2. The highest BCUT2D eigenvalue weighted by molar-refractivity contribution is 5.79. The van der Waals surface area contributed by atoms with Crippen LogP contribution in [0.25, 0.3) is 0 Å². The zero-order valence-electron chi connectivity index (χ0n) is 29.0. The number of fused-ring (bicyclic) bond motifs is 7. The van der Waals surface area contributed by atoms with Gasteiger partial charge in [0.2, 0.25) is 6.29 Å². The Hall–Kier alpha value is -1.64. The maximum Gasteiger partial charge on any atom is 0.315 e. The molecule has 6 aliphatic rings. The monoisotopic (exact) mass is 680 g/mol. The minimum absolute atomic E-state index is 0.0437. The summed E-state index contributed by atoms with van der Waals surface area (Å²) in [7, 11) is 0. The van der Waals surface area contributed by atoms with E-state index in [2.05, 4.69) is 26.8 Å². The van der Waals surface area contributed by atoms with Gasteiger partial charge in [-0.3, -0.25) is 9.59 Å². The Morgan fingerprint density at radius 1 is 0.917 bits per heavy atom. The number of aliphatic hydroxyl groups excluding tert-OH is 6. The van der Waals surface area contributed by atoms with Gasteiger partial charge in [0, 0.05) is 5.92 Å². The van der Waals surface area contributed by atoms with Crippen molar-refractivity contribution in [1.82, 2.24) is 0 Å². The largest absolute Gasteiger partial charge is 0.481 e. The molecule has 0 radical (unpaired) electrons. The van der Waals surface area contributed by atoms with Gasteiger partial charge in [-0.2, -0.15) is 0 Å². The van der Waals surface area contributed by atoms with E-state index in [9.17, 15) is 50.4 Å². The summed E-state index contributed by atoms with van der Waals surface area (Å²) in [6.07, 6.45) is -4.43. The smallest absolute Gasteiger partial charge is 0.315 e. The number of aliphatic hydroxyl groups is 7. The molecule has 12 heteroatoms. The highest BCUT2D eigenvalue weighted by atomic mass is 16.7. The number of hydrogen-bond donors (Lipinski definition) is 8. The SMILES string of the molecule is C[C@@H]1CC[C@]2(C(=O)O[C@@H]3O[C@H](CO)[C@@H](O)[C@H](O)[C@H]3O)CC[C@]3(C)C(=CC[C@H]4[C@@]5(C)C[C@@H](O)[C@H](O)[C@](C)(C(=O)O)[C@@H]5CC[C@]43C)[C@@H]2[C@]1(C)O. The molecule has 0 aromatic rings. The minimum Gasteiger partial charge on any atom is -0.481 e. The van der Waals surface area contributed by atoms with E-state index in [1.54, 1.807) is 13.8 Å². The lowest BCUT2D eigenvalue weighted by Crippen LogP contribution is -2.70. The molecule has 5 aliphatic carbocycles. The number of allylic oxidation sites excluding steroid dienone is 1. The molecule has 8 N–H and O–H groups in total. The summed E-state index contributed by atoms with van der Waals surface area (Å²) in [5.41, 5.74) is -4.57. The summed E-state index contributed by atoms with van der Waals surface area (Å²) in [6, 6.07) is 0. The number of carboxylic acids is 1. The fourth-order valence-electron chi connectivity index (χ4n) is 12.3. The van der Waals surface area contributed by atoms with Crippen molar-refractivity contribution >= 4 is 11.9 Å². The van der Waals surface area contributed by atoms with Gasteiger partial charge in [-0.15, -0.1) is 0 Å². The number of carbonyl (C=O) groups excluding carboxylic acids is 1. The van der Waals surface area contributed by atoms with Crippen LogP contribution in [0.3, 0.4) is 0 Å². The Bertz CT molecular complexity index is 1350. The van der Waals surface area contributed by atoms with Crippen molar-refractivity contribution in [3.63, 3.8) is 0 Å². The van der Waals surface area contributed by atoms with E-state index in [1.807, 2.05) is 6.92 Å². The van der Waals surface area contributed by atoms with E-state index < -0.39 is 100 Å². The van der Waals surface area contributed by atoms with Crippen LogP contribution in [0.4, 0.5) is 0 Å². The molecule has 0 spiro atoms. The summed E-state index contributed by atoms with van der Waals surface area (Å²) >= 11 is 0. The summed E-state index contributed by atoms with van der Waals surface area (Å²) in [5, 5.41) is 85.9. The zero-order valence-corrected chi connectivity index (χ0v) is 29.0. The Kier molecular flexibility index (Phi) is 8.61. The molecular weight excluding hydrogens is 624 g/mol. The molecule has 1 saturated heterocycles. The molecule has 0 bridgehead atoms. The number of hydrogen-bond acceptors (Lipinski definition) is 11. The summed E-state index contributed by atoms with van der Waals surface area (Å²) in [5.74, 6) is -3.01. The van der Waals surface area contributed by atoms with Crippen LogP contribution in [0, 0.1) is 50.7 Å². The first-order chi connectivity index (χ1) is 22.2. The van der Waals surface area contributed by atoms with E-state index in [4.69, 9.17) is 9.47 Å². The van der Waals surface area contributed by atoms with E-state index in [1.165, 1.54) is 0 Å². The number of carbonyl (C=O) groups is 2. The van der Waals surface area contributed by atoms with Gasteiger partial charge in [0.15, 0.2) is 0 Å². The van der Waals surface area contributed by atoms with Gasteiger partial charge < -0.3 is 50.3 Å². The van der Waals surface area contributed by atoms with Crippen LogP contribution in [0.15, 0.2) is 11.6 Å². The zero-order chi connectivity index (χ0) is 35.6. The maximum absolute atomic E-state index is 14.5. The third-order valence-corrected chi connectivity index (χ3v) is 15.6. The number of ether oxygens (including phenoxy) is 2. The first-order valence-corrected chi connectivity index (χ1v) is 17.7. The molecule has 12 nitrogen and oxygen atoms in total. The third-order valence-electron chi connectivity index (χ3n) is 15.6. The molecule has 17 atom stereocenters. The molecule has 0 amide bonds. The van der Waals surface area contributed by atoms with Gasteiger partial charge in [0.05, 0.1) is 35.2 Å². The fraction of sp³-hybridized carbons (Fsp3) is 0.889. The predicted molar refractivity (Wildman–Crippen MR) is 170 cm³/mol. The molecule has 6 rings (SSSR count). The van der Waals surface area contributed by atoms with Gasteiger partial charge in [-0.05, 0) is 99.2 Å². The Balaban J connectivity index is 1.41. The Morgan fingerprint density at radius 3 is 2.21 bits per heavy atom. The Morgan fingerprint density at radius 2 is 1.58 bits per heavy atom. The molecule has 1 heterocycles. The van der Waals surface area contributed by atoms with Crippen LogP contribution < -0.4 is 0 Å². The second-order valence-electron chi connectivity index (χ2n) is 17.5. The number of carboxylic acid groups (broad SMARTS) is 1. The third kappa shape index (κ3) is 4.49. The van der Waals surface area contributed by atoms with Crippen molar-refractivity contribution in [2.75, 3.05) is 6.61 Å². The molecule has 1 aliphatic heterocycles. The normalized spacial score (nSPS) is 56.4. The lowest BCUT2D eigenvalue weighted by molar-refractivity contribution is -0.299. The van der Waals surface area contributed by atoms with Gasteiger partial charge in [-0.25, -0.2) is 0 Å². The van der Waals surface area contributed by atoms with Crippen molar-refractivity contribution in [2.24, 2.45) is 50.7 Å². The lowest BCUT2D eigenvalue weighted by atomic mass is 9.33. The fourth-order valence-corrected chi connectivity index (χ4v) is 12.3. The second-order valence-corrected chi connectivity index (χ2v) is 17.5. The molecular formula is C36H56O12. The van der Waals surface area contributed by atoms with Gasteiger partial charge in [0.1, 0.15) is 24.4 Å². The number of esters is 1. The number of rotatable bonds is 4. The van der Waals surface area contributed by atoms with Crippen molar-refractivity contribution in [3.05, 3.63) is 11.6 Å². The van der Waals surface area contributed by atoms with Gasteiger partial charge >= 0.3 is 11.9 Å². The molecule has 5 fully saturated rings. The van der Waals surface area contributed by atoms with Gasteiger partial charge in [0.25, 0.3) is 0 Å². The summed E-state index contributed by atoms with van der Waals surface area (Å²) in [4.78, 5) is 27.2. The van der Waals surface area contributed by atoms with Crippen LogP contribution >= 0.6 is 0 Å². The highest BCUT2D eigenvalue weighted by Crippen LogP contribution is 2.76. The van der Waals surface area contributed by atoms with Crippen LogP contribution in [0.2, 0.25) is 0 Å². The minimum atomic E-state index is -1.75. The van der Waals surface area contributed by atoms with E-state index in [0.29, 0.717) is 44.9 Å². The molecule has 4 saturated carbocycles. The van der Waals surface area contributed by atoms with Crippen molar-refractivity contribution in [3.8, 4) is 0 Å². The molecule has 0 unspecified atom stereocenters. The van der Waals surface area contributed by atoms with Crippen LogP contribution in [-0.2, 0) is 19.1 Å². The predicted octanol–water partition coefficient (Wildman–Crippen LogP) is 1.50. The molecule has 272 valence electrons. The Labute approximate surface area is 282 Å². The maximum atomic E-state index is 14.5. The molecule has 0 aromatic heterocycles. The van der Waals surface area contributed by atoms with Crippen LogP contribution in [0.1, 0.15) is 92.9 Å². The quantitative estimate of drug-likeness (QED) is 0.157. The topological polar surface area (TPSA) is 214 Å². The van der Waals surface area contributed by atoms with Crippen LogP contribution in [-0.4, -0.2) is 108 Å². The van der Waals surface area contributed by atoms with Crippen molar-refractivity contribution in [1.29, 1.82) is 0 Å². The van der Waals surface area contributed by atoms with Gasteiger partial charge in [-0.1, -0.05) is 39.3 Å². The summed E-state index contributed by atoms with van der Waals surface area (Å²) in [6.45, 7) is 11.2. The summed E-state index contributed by atoms with van der Waals surface area (Å²) < 4.78 is 11.4. The first-order valence-electron chi connectivity index (χ1n) is 17.7. The second kappa shape index (κ2) is 11.4. The lowest BCUT2D eigenvalue weighted by Gasteiger charge is -2.71. The van der Waals surface area contributed by atoms with Crippen molar-refractivity contribution in [2.45, 2.75) is 141 Å². The van der Waals surface area contributed by atoms with E-state index in [-0.39, 0.29) is 24.2 Å². The van der Waals surface area contributed by atoms with E-state index in [0.717, 1.165) is 5.57 Å². The molecule has 0 aromatic carbocycles. The average Bonchev–Trinajstić information content (AvgIpc) is 3.02. The van der Waals surface area contributed by atoms with Crippen LogP contribution in [0.5, 0.6) is 0 Å². The number of aliphatic carboxylic acids is 1. The van der Waals surface area contributed by atoms with Crippen molar-refractivity contribution < 1.29 is 59.9 Å². The van der Waals surface area contributed by atoms with E-state index >= 15 is 0 Å². The standard InChI is InChI=1S/C36H56O12/c1-17-9-12-36(30(45)48-28-25(41)24(40)23(39)20(16-37)47-28)14-13-32(3)18(26(36)35(17,6)46)7-8-21-31(2)15-19(38)27(42)34(5,29(43)44)22(31)10-11-33(21,32)4/h7,17,19-28,37-42,46H,8-16H2,1-6H3,(H,43,44)/t17-,19-,20-,21+,22-,23-,24+,25-,26-,27+,28+,31-,32-,33-,34-,35-,36+/m1/s1. The highest BCUT2D eigenvalue weighted by Gasteiger charge is 2.73. The molecule has 48 heavy (non-hydrogen) atoms.